The van der Waals surface area contributed by atoms with Crippen LogP contribution in [0.4, 0.5) is 10.5 Å². The van der Waals surface area contributed by atoms with Crippen molar-refractivity contribution in [3.8, 4) is 22.6 Å². The number of nitrogens with two attached hydrogens (primary N) is 1. The fraction of sp³-hybridized carbons (Fsp3) is 0.323. The minimum Gasteiger partial charge on any atom is -0.448 e. The number of carbonyl (C=O) groups excluding carboxylic acids is 1. The van der Waals surface area contributed by atoms with E-state index >= 15 is 0 Å². The quantitative estimate of drug-likeness (QED) is 0.376. The molecule has 6 heteroatoms. The Morgan fingerprint density at radius 3 is 2.16 bits per heavy atom. The maximum absolute atomic E-state index is 13.0. The lowest BCUT2D eigenvalue weighted by Crippen LogP contribution is -2.49. The average Bonchev–Trinajstić information content (AvgIpc) is 3.23. The van der Waals surface area contributed by atoms with Gasteiger partial charge in [0.2, 0.25) is 0 Å². The number of carbonyl (C=O) groups is 1. The topological polar surface area (TPSA) is 58.8 Å². The Hall–Kier alpha value is -3.53. The summed E-state index contributed by atoms with van der Waals surface area (Å²) in [6, 6.07) is 23.2. The van der Waals surface area contributed by atoms with Crippen LogP contribution in [0.5, 0.6) is 0 Å². The third-order valence-corrected chi connectivity index (χ3v) is 7.91. The van der Waals surface area contributed by atoms with E-state index in [9.17, 15) is 4.79 Å². The molecule has 1 saturated heterocycles. The van der Waals surface area contributed by atoms with Crippen molar-refractivity contribution in [1.29, 1.82) is 0 Å². The number of amides is 1. The summed E-state index contributed by atoms with van der Waals surface area (Å²) in [5, 5.41) is 0. The Balaban J connectivity index is 1.22. The molecule has 5 rings (SSSR count). The van der Waals surface area contributed by atoms with E-state index in [1.54, 1.807) is 0 Å². The van der Waals surface area contributed by atoms with Gasteiger partial charge in [0.05, 0.1) is 0 Å². The van der Waals surface area contributed by atoms with Crippen LogP contribution in [0.25, 0.3) is 11.1 Å². The molecule has 1 fully saturated rings. The summed E-state index contributed by atoms with van der Waals surface area (Å²) in [5.74, 6) is 3.44. The number of fused-ring (bicyclic) bond motifs is 3. The second-order valence-electron chi connectivity index (χ2n) is 10.9. The normalized spacial score (nSPS) is 15.0. The van der Waals surface area contributed by atoms with E-state index in [4.69, 9.17) is 10.5 Å². The van der Waals surface area contributed by atoms with Crippen LogP contribution in [0, 0.1) is 11.5 Å². The number of piperazine rings is 1. The van der Waals surface area contributed by atoms with Crippen molar-refractivity contribution in [3.63, 3.8) is 0 Å². The lowest BCUT2D eigenvalue weighted by atomic mass is 9.98. The lowest BCUT2D eigenvalue weighted by Gasteiger charge is -2.36. The van der Waals surface area contributed by atoms with Crippen LogP contribution in [0.1, 0.15) is 28.2 Å². The predicted molar refractivity (Wildman–Crippen MR) is 153 cm³/mol. The third kappa shape index (κ3) is 5.58. The summed E-state index contributed by atoms with van der Waals surface area (Å²) in [4.78, 5) is 17.1. The Kier molecular flexibility index (Phi) is 7.10. The van der Waals surface area contributed by atoms with E-state index in [1.165, 1.54) is 22.3 Å². The van der Waals surface area contributed by atoms with Crippen LogP contribution in [0.3, 0.4) is 0 Å². The number of hydrogen-bond acceptors (Lipinski definition) is 4. The fourth-order valence-corrected chi connectivity index (χ4v) is 5.66. The Labute approximate surface area is 221 Å². The van der Waals surface area contributed by atoms with Crippen molar-refractivity contribution in [2.45, 2.75) is 32.1 Å². The highest BCUT2D eigenvalue weighted by atomic mass is 28.3. The van der Waals surface area contributed by atoms with Gasteiger partial charge in [-0.2, -0.15) is 0 Å². The second-order valence-corrected chi connectivity index (χ2v) is 15.6. The van der Waals surface area contributed by atoms with E-state index in [0.717, 1.165) is 29.9 Å². The summed E-state index contributed by atoms with van der Waals surface area (Å²) in [5.41, 5.74) is 17.6. The zero-order chi connectivity index (χ0) is 26.0. The molecule has 37 heavy (non-hydrogen) atoms. The van der Waals surface area contributed by atoms with E-state index in [2.05, 4.69) is 103 Å². The van der Waals surface area contributed by atoms with E-state index < -0.39 is 8.07 Å². The van der Waals surface area contributed by atoms with Crippen LogP contribution in [-0.2, 0) is 11.3 Å². The van der Waals surface area contributed by atoms with Crippen molar-refractivity contribution in [1.82, 2.24) is 4.90 Å². The molecule has 0 bridgehead atoms. The molecule has 0 unspecified atom stereocenters. The molecule has 2 aliphatic rings. The minimum atomic E-state index is -1.47. The largest absolute Gasteiger partial charge is 0.448 e. The molecule has 3 aromatic rings. The number of benzene rings is 3. The number of anilines is 1. The van der Waals surface area contributed by atoms with Crippen LogP contribution in [0.15, 0.2) is 66.7 Å². The number of hydrogen-bond donors (Lipinski definition) is 1. The van der Waals surface area contributed by atoms with E-state index in [-0.39, 0.29) is 12.0 Å². The predicted octanol–water partition coefficient (Wildman–Crippen LogP) is 5.45. The molecule has 190 valence electrons. The third-order valence-electron chi connectivity index (χ3n) is 7.03. The summed E-state index contributed by atoms with van der Waals surface area (Å²) < 4.78 is 5.88. The molecule has 0 aromatic heterocycles. The second kappa shape index (κ2) is 10.4. The highest BCUT2D eigenvalue weighted by Gasteiger charge is 2.30. The van der Waals surface area contributed by atoms with Crippen molar-refractivity contribution in [2.24, 2.45) is 5.73 Å². The van der Waals surface area contributed by atoms with Crippen LogP contribution in [-0.4, -0.2) is 51.9 Å². The SMILES string of the molecule is C[Si](C)(C)C#Cc1cc(CN)cc(N2CCN(C(=O)OCC3c4ccccc4-c4ccccc43)CC2)c1. The van der Waals surface area contributed by atoms with Gasteiger partial charge in [-0.25, -0.2) is 4.79 Å². The van der Waals surface area contributed by atoms with Crippen molar-refractivity contribution >= 4 is 19.9 Å². The molecule has 3 aromatic carbocycles. The van der Waals surface area contributed by atoms with Gasteiger partial charge in [0.1, 0.15) is 14.7 Å². The van der Waals surface area contributed by atoms with Gasteiger partial charge < -0.3 is 20.3 Å². The monoisotopic (exact) mass is 509 g/mol. The zero-order valence-corrected chi connectivity index (χ0v) is 23.0. The zero-order valence-electron chi connectivity index (χ0n) is 22.0. The molecule has 1 aliphatic carbocycles. The first-order valence-electron chi connectivity index (χ1n) is 13.0. The first kappa shape index (κ1) is 25.1. The van der Waals surface area contributed by atoms with Gasteiger partial charge in [-0.15, -0.1) is 5.54 Å². The van der Waals surface area contributed by atoms with Crippen molar-refractivity contribution in [3.05, 3.63) is 89.0 Å². The van der Waals surface area contributed by atoms with Crippen LogP contribution >= 0.6 is 0 Å². The molecule has 1 heterocycles. The van der Waals surface area contributed by atoms with Gasteiger partial charge in [-0.05, 0) is 46.0 Å². The van der Waals surface area contributed by atoms with Gasteiger partial charge in [0.25, 0.3) is 0 Å². The molecule has 1 amide bonds. The molecule has 1 aliphatic heterocycles. The van der Waals surface area contributed by atoms with Crippen molar-refractivity contribution < 1.29 is 9.53 Å². The Morgan fingerprint density at radius 1 is 0.946 bits per heavy atom. The van der Waals surface area contributed by atoms with E-state index in [0.29, 0.717) is 26.2 Å². The minimum absolute atomic E-state index is 0.0762. The average molecular weight is 510 g/mol. The summed E-state index contributed by atoms with van der Waals surface area (Å²) in [7, 11) is -1.47. The first-order valence-corrected chi connectivity index (χ1v) is 16.5. The summed E-state index contributed by atoms with van der Waals surface area (Å²) in [6.07, 6.45) is -0.237. The molecule has 0 atom stereocenters. The molecule has 5 nitrogen and oxygen atoms in total. The molecule has 2 N–H and O–H groups in total. The number of rotatable bonds is 4. The lowest BCUT2D eigenvalue weighted by molar-refractivity contribution is 0.0977. The molecular formula is C31H35N3O2Si. The van der Waals surface area contributed by atoms with Crippen molar-refractivity contribution in [2.75, 3.05) is 37.7 Å². The van der Waals surface area contributed by atoms with Crippen LogP contribution in [0.2, 0.25) is 19.6 Å². The van der Waals surface area contributed by atoms with Gasteiger partial charge in [0, 0.05) is 49.9 Å². The maximum atomic E-state index is 13.0. The molecular weight excluding hydrogens is 474 g/mol. The van der Waals surface area contributed by atoms with E-state index in [1.807, 2.05) is 4.90 Å². The fourth-order valence-electron chi connectivity index (χ4n) is 5.14. The molecule has 0 radical (unpaired) electrons. The van der Waals surface area contributed by atoms with Gasteiger partial charge in [-0.3, -0.25) is 0 Å². The number of nitrogens with zero attached hydrogens (tertiary/aromatic N) is 2. The van der Waals surface area contributed by atoms with Gasteiger partial charge >= 0.3 is 6.09 Å². The Morgan fingerprint density at radius 2 is 1.57 bits per heavy atom. The van der Waals surface area contributed by atoms with Crippen LogP contribution < -0.4 is 10.6 Å². The molecule has 0 saturated carbocycles. The van der Waals surface area contributed by atoms with Gasteiger partial charge in [0.15, 0.2) is 0 Å². The maximum Gasteiger partial charge on any atom is 0.409 e. The summed E-state index contributed by atoms with van der Waals surface area (Å²) >= 11 is 0. The highest BCUT2D eigenvalue weighted by Crippen LogP contribution is 2.44. The standard InChI is InChI=1S/C31H35N3O2Si/c1-37(2,3)17-12-23-18-24(21-32)20-25(19-23)33-13-15-34(16-14-33)31(35)36-22-30-28-10-6-4-8-26(28)27-9-5-7-11-29(27)30/h4-11,18-20,30H,13-16,21-22,32H2,1-3H3. The summed E-state index contributed by atoms with van der Waals surface area (Å²) in [6.45, 7) is 10.3. The van der Waals surface area contributed by atoms with Gasteiger partial charge in [-0.1, -0.05) is 74.1 Å². The molecule has 0 spiro atoms. The Bertz CT molecular complexity index is 1320. The smallest absolute Gasteiger partial charge is 0.409 e. The highest BCUT2D eigenvalue weighted by molar-refractivity contribution is 6.83. The number of ether oxygens (including phenoxy) is 1. The first-order chi connectivity index (χ1) is 17.8.